The van der Waals surface area contributed by atoms with Crippen molar-refractivity contribution in [3.8, 4) is 0 Å². The van der Waals surface area contributed by atoms with E-state index in [1.807, 2.05) is 12.5 Å². The number of hydrogen-bond donors (Lipinski definition) is 0. The van der Waals surface area contributed by atoms with Gasteiger partial charge in [-0.05, 0) is 56.3 Å². The van der Waals surface area contributed by atoms with Crippen LogP contribution in [-0.4, -0.2) is 52.6 Å². The number of piperidine rings is 2. The molecule has 4 heteroatoms. The lowest BCUT2D eigenvalue weighted by atomic mass is 9.68. The van der Waals surface area contributed by atoms with Crippen molar-refractivity contribution in [1.82, 2.24) is 19.4 Å². The van der Waals surface area contributed by atoms with Crippen LogP contribution < -0.4 is 0 Å². The van der Waals surface area contributed by atoms with Crippen LogP contribution in [0.3, 0.4) is 0 Å². The molecule has 2 aliphatic heterocycles. The van der Waals surface area contributed by atoms with Gasteiger partial charge in [0.2, 0.25) is 0 Å². The van der Waals surface area contributed by atoms with Crippen LogP contribution in [0.2, 0.25) is 0 Å². The van der Waals surface area contributed by atoms with Crippen molar-refractivity contribution in [2.45, 2.75) is 31.7 Å². The van der Waals surface area contributed by atoms with E-state index in [1.54, 1.807) is 0 Å². The normalized spacial score (nSPS) is 24.6. The van der Waals surface area contributed by atoms with Crippen LogP contribution in [0.25, 0.3) is 0 Å². The van der Waals surface area contributed by atoms with Gasteiger partial charge in [0.05, 0.1) is 12.0 Å². The topological polar surface area (TPSA) is 24.3 Å². The van der Waals surface area contributed by atoms with Crippen molar-refractivity contribution in [2.75, 3.05) is 33.2 Å². The molecular formula is C21H30N4. The van der Waals surface area contributed by atoms with E-state index in [1.165, 1.54) is 56.7 Å². The second-order valence-electron chi connectivity index (χ2n) is 8.28. The number of hydrogen-bond acceptors (Lipinski definition) is 3. The number of aryl methyl sites for hydroxylation is 1. The lowest BCUT2D eigenvalue weighted by Gasteiger charge is -2.49. The first-order valence-electron chi connectivity index (χ1n) is 9.55. The van der Waals surface area contributed by atoms with Gasteiger partial charge in [0.25, 0.3) is 0 Å². The number of rotatable bonds is 3. The van der Waals surface area contributed by atoms with Crippen LogP contribution in [0.15, 0.2) is 42.9 Å². The number of likely N-dealkylation sites (tertiary alicyclic amines) is 2. The summed E-state index contributed by atoms with van der Waals surface area (Å²) in [5.74, 6) is 0.684. The van der Waals surface area contributed by atoms with Gasteiger partial charge in [0, 0.05) is 32.9 Å². The van der Waals surface area contributed by atoms with Gasteiger partial charge in [-0.1, -0.05) is 30.3 Å². The highest BCUT2D eigenvalue weighted by Gasteiger charge is 2.41. The highest BCUT2D eigenvalue weighted by Crippen LogP contribution is 2.44. The average molecular weight is 338 g/mol. The van der Waals surface area contributed by atoms with Crippen molar-refractivity contribution in [1.29, 1.82) is 0 Å². The Morgan fingerprint density at radius 1 is 1.12 bits per heavy atom. The summed E-state index contributed by atoms with van der Waals surface area (Å²) in [6.45, 7) is 5.91. The Balaban J connectivity index is 1.41. The third-order valence-corrected chi connectivity index (χ3v) is 6.31. The zero-order valence-electron chi connectivity index (χ0n) is 15.6. The van der Waals surface area contributed by atoms with Gasteiger partial charge in [0.15, 0.2) is 0 Å². The first kappa shape index (κ1) is 16.8. The molecule has 1 spiro atoms. The molecule has 134 valence electrons. The largest absolute Gasteiger partial charge is 0.337 e. The second-order valence-corrected chi connectivity index (χ2v) is 8.28. The maximum atomic E-state index is 4.25. The van der Waals surface area contributed by atoms with Crippen LogP contribution in [0.1, 0.15) is 36.4 Å². The Kier molecular flexibility index (Phi) is 4.65. The minimum absolute atomic E-state index is 0.496. The van der Waals surface area contributed by atoms with Crippen LogP contribution in [0.4, 0.5) is 0 Å². The van der Waals surface area contributed by atoms with Crippen LogP contribution in [-0.2, 0) is 13.6 Å². The van der Waals surface area contributed by atoms with Gasteiger partial charge < -0.3 is 9.47 Å². The molecular weight excluding hydrogens is 308 g/mol. The van der Waals surface area contributed by atoms with Gasteiger partial charge in [-0.3, -0.25) is 4.90 Å². The number of nitrogens with zero attached hydrogens (tertiary/aromatic N) is 4. The molecule has 1 atom stereocenters. The molecule has 25 heavy (non-hydrogen) atoms. The van der Waals surface area contributed by atoms with Gasteiger partial charge in [-0.15, -0.1) is 0 Å². The molecule has 2 saturated heterocycles. The Labute approximate surface area is 151 Å². The Bertz CT molecular complexity index is 685. The minimum Gasteiger partial charge on any atom is -0.337 e. The van der Waals surface area contributed by atoms with E-state index in [4.69, 9.17) is 0 Å². The van der Waals surface area contributed by atoms with Crippen molar-refractivity contribution in [2.24, 2.45) is 12.5 Å². The monoisotopic (exact) mass is 338 g/mol. The highest BCUT2D eigenvalue weighted by atomic mass is 15.2. The van der Waals surface area contributed by atoms with E-state index in [2.05, 4.69) is 63.8 Å². The van der Waals surface area contributed by atoms with E-state index >= 15 is 0 Å². The molecule has 1 aromatic heterocycles. The maximum absolute atomic E-state index is 4.25. The van der Waals surface area contributed by atoms with Crippen LogP contribution >= 0.6 is 0 Å². The third kappa shape index (κ3) is 3.65. The average Bonchev–Trinajstić information content (AvgIpc) is 3.02. The quantitative estimate of drug-likeness (QED) is 0.859. The molecule has 2 aromatic rings. The van der Waals surface area contributed by atoms with Crippen LogP contribution in [0.5, 0.6) is 0 Å². The van der Waals surface area contributed by atoms with Crippen molar-refractivity contribution >= 4 is 0 Å². The summed E-state index contributed by atoms with van der Waals surface area (Å²) in [6.07, 6.45) is 7.89. The predicted octanol–water partition coefficient (Wildman–Crippen LogP) is 3.12. The summed E-state index contributed by atoms with van der Waals surface area (Å²) < 4.78 is 2.14. The van der Waals surface area contributed by atoms with Crippen molar-refractivity contribution in [3.63, 3.8) is 0 Å². The summed E-state index contributed by atoms with van der Waals surface area (Å²) in [4.78, 5) is 9.43. The van der Waals surface area contributed by atoms with E-state index in [-0.39, 0.29) is 0 Å². The standard InChI is InChI=1S/C21H30N4/c1-23-14-19(18-6-4-3-5-7-18)12-21(16-23)8-10-25(11-9-21)15-20-13-22-17-24(20)2/h3-7,13,17,19H,8-12,14-16H2,1-2H3/t19-/m1/s1. The summed E-state index contributed by atoms with van der Waals surface area (Å²) in [5, 5.41) is 0. The molecule has 0 aliphatic carbocycles. The predicted molar refractivity (Wildman–Crippen MR) is 101 cm³/mol. The molecule has 0 amide bonds. The summed E-state index contributed by atoms with van der Waals surface area (Å²) in [5.41, 5.74) is 3.33. The highest BCUT2D eigenvalue weighted by molar-refractivity contribution is 5.21. The molecule has 4 rings (SSSR count). The maximum Gasteiger partial charge on any atom is 0.0945 e. The molecule has 0 saturated carbocycles. The van der Waals surface area contributed by atoms with Crippen molar-refractivity contribution in [3.05, 3.63) is 54.1 Å². The fourth-order valence-electron chi connectivity index (χ4n) is 4.93. The summed E-state index contributed by atoms with van der Waals surface area (Å²) >= 11 is 0. The van der Waals surface area contributed by atoms with Gasteiger partial charge >= 0.3 is 0 Å². The molecule has 0 N–H and O–H groups in total. The summed E-state index contributed by atoms with van der Waals surface area (Å²) in [7, 11) is 4.40. The molecule has 0 bridgehead atoms. The lowest BCUT2D eigenvalue weighted by molar-refractivity contribution is 0.0213. The smallest absolute Gasteiger partial charge is 0.0945 e. The van der Waals surface area contributed by atoms with Gasteiger partial charge in [0.1, 0.15) is 0 Å². The Morgan fingerprint density at radius 3 is 2.56 bits per heavy atom. The van der Waals surface area contributed by atoms with Crippen LogP contribution in [0, 0.1) is 5.41 Å². The molecule has 0 radical (unpaired) electrons. The zero-order valence-corrected chi connectivity index (χ0v) is 15.6. The molecule has 2 fully saturated rings. The fourth-order valence-corrected chi connectivity index (χ4v) is 4.93. The van der Waals surface area contributed by atoms with Crippen molar-refractivity contribution < 1.29 is 0 Å². The number of aromatic nitrogens is 2. The molecule has 1 aromatic carbocycles. The fraction of sp³-hybridized carbons (Fsp3) is 0.571. The second kappa shape index (κ2) is 6.93. The van der Waals surface area contributed by atoms with Gasteiger partial charge in [-0.25, -0.2) is 4.98 Å². The van der Waals surface area contributed by atoms with E-state index in [0.29, 0.717) is 11.3 Å². The van der Waals surface area contributed by atoms with E-state index in [9.17, 15) is 0 Å². The van der Waals surface area contributed by atoms with E-state index in [0.717, 1.165) is 6.54 Å². The molecule has 3 heterocycles. The first-order chi connectivity index (χ1) is 12.1. The first-order valence-corrected chi connectivity index (χ1v) is 9.55. The molecule has 4 nitrogen and oxygen atoms in total. The Morgan fingerprint density at radius 2 is 1.88 bits per heavy atom. The minimum atomic E-state index is 0.496. The summed E-state index contributed by atoms with van der Waals surface area (Å²) in [6, 6.07) is 11.1. The number of benzene rings is 1. The molecule has 0 unspecified atom stereocenters. The third-order valence-electron chi connectivity index (χ3n) is 6.31. The van der Waals surface area contributed by atoms with Gasteiger partial charge in [-0.2, -0.15) is 0 Å². The number of imidazole rings is 1. The SMILES string of the molecule is CN1C[C@H](c2ccccc2)CC2(CCN(Cc3cncn3C)CC2)C1. The Hall–Kier alpha value is -1.65. The lowest BCUT2D eigenvalue weighted by Crippen LogP contribution is -2.50. The number of likely N-dealkylation sites (N-methyl/N-ethyl adjacent to an activating group) is 1. The molecule has 2 aliphatic rings. The zero-order chi connectivity index (χ0) is 17.3. The van der Waals surface area contributed by atoms with E-state index < -0.39 is 0 Å².